The van der Waals surface area contributed by atoms with Gasteiger partial charge in [0.1, 0.15) is 5.75 Å². The van der Waals surface area contributed by atoms with E-state index in [1.807, 2.05) is 38.1 Å². The van der Waals surface area contributed by atoms with E-state index in [4.69, 9.17) is 10.5 Å². The van der Waals surface area contributed by atoms with Gasteiger partial charge in [-0.3, -0.25) is 9.59 Å². The third-order valence-electron chi connectivity index (χ3n) is 4.31. The number of hydrogen-bond donors (Lipinski definition) is 1. The van der Waals surface area contributed by atoms with Gasteiger partial charge in [-0.05, 0) is 37.8 Å². The summed E-state index contributed by atoms with van der Waals surface area (Å²) in [7, 11) is 0. The Hall–Kier alpha value is -2.04. The number of benzene rings is 1. The fraction of sp³-hybridized carbons (Fsp3) is 0.529. The van der Waals surface area contributed by atoms with Gasteiger partial charge in [-0.2, -0.15) is 0 Å². The first-order chi connectivity index (χ1) is 10.5. The van der Waals surface area contributed by atoms with Crippen LogP contribution in [0.2, 0.25) is 0 Å². The lowest BCUT2D eigenvalue weighted by atomic mass is 9.93. The van der Waals surface area contributed by atoms with Crippen LogP contribution in [0.5, 0.6) is 5.75 Å². The molecule has 1 aromatic carbocycles. The Labute approximate surface area is 131 Å². The quantitative estimate of drug-likeness (QED) is 0.900. The fourth-order valence-electron chi connectivity index (χ4n) is 2.85. The molecule has 0 saturated carbocycles. The van der Waals surface area contributed by atoms with Crippen LogP contribution in [-0.2, 0) is 16.0 Å². The number of amides is 2. The van der Waals surface area contributed by atoms with E-state index < -0.39 is 0 Å². The summed E-state index contributed by atoms with van der Waals surface area (Å²) in [6.45, 7) is 4.43. The summed E-state index contributed by atoms with van der Waals surface area (Å²) in [5.41, 5.74) is 6.45. The summed E-state index contributed by atoms with van der Waals surface area (Å²) < 4.78 is 5.68. The zero-order valence-electron chi connectivity index (χ0n) is 13.2. The molecular weight excluding hydrogens is 280 g/mol. The Bertz CT molecular complexity index is 544. The van der Waals surface area contributed by atoms with Crippen molar-refractivity contribution in [2.24, 2.45) is 11.7 Å². The third-order valence-corrected chi connectivity index (χ3v) is 4.31. The Balaban J connectivity index is 1.97. The lowest BCUT2D eigenvalue weighted by Crippen LogP contribution is -2.50. The summed E-state index contributed by atoms with van der Waals surface area (Å²) in [6.07, 6.45) is 2.40. The van der Waals surface area contributed by atoms with E-state index >= 15 is 0 Å². The number of carbonyl (C=O) groups excluding carboxylic acids is 2. The van der Waals surface area contributed by atoms with Crippen LogP contribution >= 0.6 is 0 Å². The van der Waals surface area contributed by atoms with Gasteiger partial charge in [-0.1, -0.05) is 25.1 Å². The van der Waals surface area contributed by atoms with Crippen molar-refractivity contribution in [3.63, 3.8) is 0 Å². The van der Waals surface area contributed by atoms with E-state index in [0.717, 1.165) is 30.6 Å². The van der Waals surface area contributed by atoms with Gasteiger partial charge in [0.15, 0.2) is 6.61 Å². The average molecular weight is 304 g/mol. The van der Waals surface area contributed by atoms with Crippen LogP contribution in [-0.4, -0.2) is 35.9 Å². The highest BCUT2D eigenvalue weighted by molar-refractivity contribution is 5.81. The van der Waals surface area contributed by atoms with Crippen molar-refractivity contribution in [1.82, 2.24) is 4.90 Å². The van der Waals surface area contributed by atoms with Gasteiger partial charge in [-0.15, -0.1) is 0 Å². The minimum absolute atomic E-state index is 0.00711. The first kappa shape index (κ1) is 16.3. The van der Waals surface area contributed by atoms with Crippen molar-refractivity contribution in [1.29, 1.82) is 0 Å². The van der Waals surface area contributed by atoms with Gasteiger partial charge < -0.3 is 15.4 Å². The molecule has 5 nitrogen and oxygen atoms in total. The fourth-order valence-corrected chi connectivity index (χ4v) is 2.85. The molecule has 2 amide bonds. The van der Waals surface area contributed by atoms with Crippen LogP contribution in [0.3, 0.4) is 0 Å². The molecule has 1 heterocycles. The monoisotopic (exact) mass is 304 g/mol. The first-order valence-electron chi connectivity index (χ1n) is 7.82. The number of likely N-dealkylation sites (tertiary alicyclic amines) is 1. The van der Waals surface area contributed by atoms with Crippen molar-refractivity contribution >= 4 is 11.8 Å². The van der Waals surface area contributed by atoms with Gasteiger partial charge in [-0.25, -0.2) is 0 Å². The molecule has 2 rings (SSSR count). The van der Waals surface area contributed by atoms with E-state index in [0.29, 0.717) is 6.54 Å². The smallest absolute Gasteiger partial charge is 0.260 e. The molecule has 0 spiro atoms. The van der Waals surface area contributed by atoms with Crippen LogP contribution in [0.1, 0.15) is 32.3 Å². The summed E-state index contributed by atoms with van der Waals surface area (Å²) in [4.78, 5) is 25.5. The number of nitrogens with two attached hydrogens (primary N) is 1. The molecule has 1 fully saturated rings. The highest BCUT2D eigenvalue weighted by Crippen LogP contribution is 2.23. The zero-order valence-corrected chi connectivity index (χ0v) is 13.2. The normalized spacial score (nSPS) is 21.5. The standard InChI is InChI=1S/C17H24N2O3/c1-3-13-6-4-5-7-15(13)22-11-16(20)19-10-14(17(18)21)9-8-12(19)2/h4-7,12,14H,3,8-11H2,1-2H3,(H2,18,21)/t12-,14+/m0/s1. The number of carbonyl (C=O) groups is 2. The number of nitrogens with zero attached hydrogens (tertiary/aromatic N) is 1. The first-order valence-corrected chi connectivity index (χ1v) is 7.82. The largest absolute Gasteiger partial charge is 0.483 e. The summed E-state index contributed by atoms with van der Waals surface area (Å²) in [5, 5.41) is 0. The second kappa shape index (κ2) is 7.29. The van der Waals surface area contributed by atoms with Crippen molar-refractivity contribution in [2.45, 2.75) is 39.2 Å². The molecule has 120 valence electrons. The molecular formula is C17H24N2O3. The number of rotatable bonds is 5. The van der Waals surface area contributed by atoms with Crippen LogP contribution in [0, 0.1) is 5.92 Å². The Morgan fingerprint density at radius 2 is 2.05 bits per heavy atom. The third kappa shape index (κ3) is 3.78. The molecule has 0 unspecified atom stereocenters. The maximum atomic E-state index is 12.4. The van der Waals surface area contributed by atoms with Crippen molar-refractivity contribution in [3.05, 3.63) is 29.8 Å². The van der Waals surface area contributed by atoms with Crippen LogP contribution in [0.25, 0.3) is 0 Å². The molecule has 0 aromatic heterocycles. The molecule has 1 saturated heterocycles. The molecule has 1 aromatic rings. The molecule has 2 atom stereocenters. The molecule has 0 radical (unpaired) electrons. The van der Waals surface area contributed by atoms with E-state index in [1.54, 1.807) is 4.90 Å². The molecule has 0 bridgehead atoms. The number of para-hydroxylation sites is 1. The molecule has 22 heavy (non-hydrogen) atoms. The topological polar surface area (TPSA) is 72.6 Å². The number of primary amides is 1. The maximum absolute atomic E-state index is 12.4. The maximum Gasteiger partial charge on any atom is 0.260 e. The van der Waals surface area contributed by atoms with E-state index in [9.17, 15) is 9.59 Å². The molecule has 5 heteroatoms. The summed E-state index contributed by atoms with van der Waals surface area (Å²) in [5.74, 6) is 0.0730. The Morgan fingerprint density at radius 1 is 1.32 bits per heavy atom. The van der Waals surface area contributed by atoms with Crippen molar-refractivity contribution in [2.75, 3.05) is 13.2 Å². The number of aryl methyl sites for hydroxylation is 1. The van der Waals surface area contributed by atoms with E-state index in [-0.39, 0.29) is 30.4 Å². The lowest BCUT2D eigenvalue weighted by Gasteiger charge is -2.36. The summed E-state index contributed by atoms with van der Waals surface area (Å²) in [6, 6.07) is 7.83. The average Bonchev–Trinajstić information content (AvgIpc) is 2.53. The van der Waals surface area contributed by atoms with Crippen molar-refractivity contribution < 1.29 is 14.3 Å². The number of piperidine rings is 1. The van der Waals surface area contributed by atoms with E-state index in [1.165, 1.54) is 0 Å². The van der Waals surface area contributed by atoms with Gasteiger partial charge in [0.25, 0.3) is 5.91 Å². The van der Waals surface area contributed by atoms with Crippen LogP contribution < -0.4 is 10.5 Å². The van der Waals surface area contributed by atoms with Gasteiger partial charge in [0, 0.05) is 12.6 Å². The molecule has 0 aliphatic carbocycles. The van der Waals surface area contributed by atoms with Gasteiger partial charge in [0.05, 0.1) is 5.92 Å². The predicted octanol–water partition coefficient (Wildman–Crippen LogP) is 1.74. The van der Waals surface area contributed by atoms with Crippen molar-refractivity contribution in [3.8, 4) is 5.75 Å². The van der Waals surface area contributed by atoms with Crippen LogP contribution in [0.15, 0.2) is 24.3 Å². The number of ether oxygens (including phenoxy) is 1. The zero-order chi connectivity index (χ0) is 16.1. The summed E-state index contributed by atoms with van der Waals surface area (Å²) >= 11 is 0. The SMILES string of the molecule is CCc1ccccc1OCC(=O)N1C[C@H](C(N)=O)CC[C@@H]1C. The van der Waals surface area contributed by atoms with E-state index in [2.05, 4.69) is 0 Å². The number of hydrogen-bond acceptors (Lipinski definition) is 3. The molecule has 2 N–H and O–H groups in total. The van der Waals surface area contributed by atoms with Crippen LogP contribution in [0.4, 0.5) is 0 Å². The lowest BCUT2D eigenvalue weighted by molar-refractivity contribution is -0.139. The second-order valence-corrected chi connectivity index (χ2v) is 5.82. The van der Waals surface area contributed by atoms with Gasteiger partial charge in [0.2, 0.25) is 5.91 Å². The second-order valence-electron chi connectivity index (χ2n) is 5.82. The highest BCUT2D eigenvalue weighted by Gasteiger charge is 2.31. The highest BCUT2D eigenvalue weighted by atomic mass is 16.5. The minimum atomic E-state index is -0.332. The molecule has 1 aliphatic rings. The minimum Gasteiger partial charge on any atom is -0.483 e. The van der Waals surface area contributed by atoms with Gasteiger partial charge >= 0.3 is 0 Å². The Morgan fingerprint density at radius 3 is 2.73 bits per heavy atom. The Kier molecular flexibility index (Phi) is 5.41. The molecule has 1 aliphatic heterocycles. The predicted molar refractivity (Wildman–Crippen MR) is 84.4 cm³/mol.